The molecule has 0 saturated carbocycles. The average molecular weight is 368 g/mol. The molecule has 0 amide bonds. The number of aldehydes is 1. The molecule has 0 aliphatic rings. The molecule has 0 aromatic carbocycles. The minimum Gasteiger partial charge on any atom is -0.391 e. The maximum atomic E-state index is 10.5. The van der Waals surface area contributed by atoms with Crippen LogP contribution in [-0.2, 0) is 6.61 Å². The predicted molar refractivity (Wildman–Crippen MR) is 98.0 cm³/mol. The Labute approximate surface area is 149 Å². The highest BCUT2D eigenvalue weighted by Gasteiger charge is 2.03. The molecule has 24 heavy (non-hydrogen) atoms. The van der Waals surface area contributed by atoms with Gasteiger partial charge in [0.1, 0.15) is 11.6 Å². The third-order valence-electron chi connectivity index (χ3n) is 2.77. The Bertz CT molecular complexity index is 672. The smallest absolute Gasteiger partial charge is 0.189 e. The first-order valence-electron chi connectivity index (χ1n) is 6.85. The molecule has 0 radical (unpaired) electrons. The van der Waals surface area contributed by atoms with Crippen molar-refractivity contribution < 1.29 is 9.90 Å². The number of thioether (sulfide) groups is 2. The van der Waals surface area contributed by atoms with Gasteiger partial charge >= 0.3 is 0 Å². The minimum atomic E-state index is -0.0369. The van der Waals surface area contributed by atoms with E-state index in [4.69, 9.17) is 5.11 Å². The van der Waals surface area contributed by atoms with Gasteiger partial charge in [0.05, 0.1) is 12.2 Å². The fourth-order valence-corrected chi connectivity index (χ4v) is 2.26. The van der Waals surface area contributed by atoms with Crippen molar-refractivity contribution >= 4 is 41.4 Å². The molecule has 0 spiro atoms. The molecule has 2 heterocycles. The van der Waals surface area contributed by atoms with Crippen LogP contribution in [0.4, 0.5) is 11.6 Å². The van der Waals surface area contributed by atoms with E-state index in [9.17, 15) is 4.79 Å². The quantitative estimate of drug-likeness (QED) is 0.396. The number of hydrogen-bond donors (Lipinski definition) is 3. The summed E-state index contributed by atoms with van der Waals surface area (Å²) < 4.78 is 0. The molecule has 2 aromatic rings. The monoisotopic (exact) mass is 368 g/mol. The van der Waals surface area contributed by atoms with Gasteiger partial charge in [0.15, 0.2) is 16.6 Å². The van der Waals surface area contributed by atoms with Crippen molar-refractivity contribution in [1.82, 2.24) is 19.9 Å². The van der Waals surface area contributed by atoms with Crippen LogP contribution in [0, 0.1) is 0 Å². The van der Waals surface area contributed by atoms with Gasteiger partial charge in [-0.1, -0.05) is 23.5 Å². The van der Waals surface area contributed by atoms with E-state index in [1.807, 2.05) is 12.5 Å². The summed E-state index contributed by atoms with van der Waals surface area (Å²) in [4.78, 5) is 26.7. The second kappa shape index (κ2) is 10.8. The Morgan fingerprint density at radius 3 is 2.04 bits per heavy atom. The van der Waals surface area contributed by atoms with Crippen LogP contribution in [0.1, 0.15) is 15.9 Å². The van der Waals surface area contributed by atoms with Gasteiger partial charge in [-0.25, -0.2) is 19.9 Å². The zero-order valence-electron chi connectivity index (χ0n) is 13.9. The van der Waals surface area contributed by atoms with E-state index in [-0.39, 0.29) is 6.61 Å². The highest BCUT2D eigenvalue weighted by atomic mass is 32.2. The molecular weight excluding hydrogens is 348 g/mol. The first kappa shape index (κ1) is 20.1. The van der Waals surface area contributed by atoms with E-state index in [1.54, 1.807) is 20.3 Å². The van der Waals surface area contributed by atoms with Crippen LogP contribution in [0.2, 0.25) is 0 Å². The number of anilines is 2. The van der Waals surface area contributed by atoms with E-state index in [0.717, 1.165) is 11.8 Å². The second-order valence-electron chi connectivity index (χ2n) is 4.17. The van der Waals surface area contributed by atoms with Crippen molar-refractivity contribution in [2.45, 2.75) is 16.9 Å². The normalized spacial score (nSPS) is 9.71. The van der Waals surface area contributed by atoms with Crippen molar-refractivity contribution in [2.75, 3.05) is 37.2 Å². The molecule has 3 N–H and O–H groups in total. The van der Waals surface area contributed by atoms with E-state index >= 15 is 0 Å². The first-order valence-corrected chi connectivity index (χ1v) is 9.30. The molecule has 0 unspecified atom stereocenters. The number of nitrogens with one attached hydrogen (secondary N) is 2. The molecule has 0 aliphatic carbocycles. The number of carbonyl (C=O) groups is 1. The highest BCUT2D eigenvalue weighted by molar-refractivity contribution is 7.98. The summed E-state index contributed by atoms with van der Waals surface area (Å²) in [5.41, 5.74) is 1.20. The Balaban J connectivity index is 0.000000240. The zero-order chi connectivity index (χ0) is 17.9. The number of aliphatic hydroxyl groups excluding tert-OH is 1. The molecule has 8 nitrogen and oxygen atoms in total. The molecule has 0 saturated heterocycles. The lowest BCUT2D eigenvalue weighted by molar-refractivity contribution is 0.112. The van der Waals surface area contributed by atoms with Gasteiger partial charge in [0, 0.05) is 32.1 Å². The molecule has 2 rings (SSSR count). The van der Waals surface area contributed by atoms with E-state index < -0.39 is 0 Å². The maximum Gasteiger partial charge on any atom is 0.189 e. The number of rotatable bonds is 6. The number of aliphatic hydroxyl groups is 1. The number of hydrogen-bond acceptors (Lipinski definition) is 10. The maximum absolute atomic E-state index is 10.5. The molecule has 130 valence electrons. The molecule has 0 bridgehead atoms. The third-order valence-corrected chi connectivity index (χ3v) is 3.90. The Morgan fingerprint density at radius 2 is 1.58 bits per heavy atom. The lowest BCUT2D eigenvalue weighted by atomic mass is 10.3. The summed E-state index contributed by atoms with van der Waals surface area (Å²) in [6.45, 7) is -0.0369. The summed E-state index contributed by atoms with van der Waals surface area (Å²) in [6.07, 6.45) is 7.67. The summed E-state index contributed by atoms with van der Waals surface area (Å²) in [6, 6.07) is 0. The van der Waals surface area contributed by atoms with Crippen molar-refractivity contribution in [3.63, 3.8) is 0 Å². The largest absolute Gasteiger partial charge is 0.391 e. The number of nitrogens with zero attached hydrogens (tertiary/aromatic N) is 4. The third kappa shape index (κ3) is 5.62. The second-order valence-corrected chi connectivity index (χ2v) is 5.71. The van der Waals surface area contributed by atoms with Gasteiger partial charge < -0.3 is 15.7 Å². The molecular formula is C14H20N6O2S2. The van der Waals surface area contributed by atoms with Crippen LogP contribution in [0.15, 0.2) is 22.7 Å². The number of carbonyl (C=O) groups excluding carboxylic acids is 1. The summed E-state index contributed by atoms with van der Waals surface area (Å²) in [7, 11) is 3.49. The first-order chi connectivity index (χ1) is 11.6. The van der Waals surface area contributed by atoms with Crippen LogP contribution in [-0.4, -0.2) is 57.9 Å². The van der Waals surface area contributed by atoms with Crippen molar-refractivity contribution in [2.24, 2.45) is 0 Å². The zero-order valence-corrected chi connectivity index (χ0v) is 15.5. The van der Waals surface area contributed by atoms with Gasteiger partial charge in [0.2, 0.25) is 0 Å². The molecule has 2 aromatic heterocycles. The average Bonchev–Trinajstić information content (AvgIpc) is 2.67. The Kier molecular flexibility index (Phi) is 9.05. The van der Waals surface area contributed by atoms with E-state index in [2.05, 4.69) is 30.6 Å². The van der Waals surface area contributed by atoms with Crippen molar-refractivity contribution in [3.8, 4) is 0 Å². The topological polar surface area (TPSA) is 113 Å². The fraction of sp³-hybridized carbons (Fsp3) is 0.357. The predicted octanol–water partition coefficient (Wildman–Crippen LogP) is 1.79. The van der Waals surface area contributed by atoms with Crippen LogP contribution in [0.25, 0.3) is 0 Å². The van der Waals surface area contributed by atoms with E-state index in [1.165, 1.54) is 29.7 Å². The highest BCUT2D eigenvalue weighted by Crippen LogP contribution is 2.15. The van der Waals surface area contributed by atoms with Gasteiger partial charge in [-0.05, 0) is 12.5 Å². The van der Waals surface area contributed by atoms with Crippen LogP contribution in [0.5, 0.6) is 0 Å². The van der Waals surface area contributed by atoms with Gasteiger partial charge in [-0.3, -0.25) is 4.79 Å². The minimum absolute atomic E-state index is 0.0369. The molecule has 0 atom stereocenters. The lowest BCUT2D eigenvalue weighted by Crippen LogP contribution is -2.01. The lowest BCUT2D eigenvalue weighted by Gasteiger charge is -2.05. The molecule has 0 aliphatic heterocycles. The summed E-state index contributed by atoms with van der Waals surface area (Å²) in [5, 5.41) is 16.0. The standard InChI is InChI=1S/C7H11N3OS.C7H9N3OS/c2*1-8-6-5(4-11)3-9-7(10-6)12-2/h3,11H,4H2,1-2H3,(H,8,9,10);3-4H,1-2H3,(H,8,9,10). The summed E-state index contributed by atoms with van der Waals surface area (Å²) in [5.74, 6) is 1.27. The SMILES string of the molecule is CNc1nc(SC)ncc1C=O.CNc1nc(SC)ncc1CO. The van der Waals surface area contributed by atoms with Crippen LogP contribution < -0.4 is 10.6 Å². The van der Waals surface area contributed by atoms with E-state index in [0.29, 0.717) is 27.5 Å². The van der Waals surface area contributed by atoms with Gasteiger partial charge in [0.25, 0.3) is 0 Å². The van der Waals surface area contributed by atoms with Crippen molar-refractivity contribution in [3.05, 3.63) is 23.5 Å². The summed E-state index contributed by atoms with van der Waals surface area (Å²) >= 11 is 2.91. The number of aromatic nitrogens is 4. The van der Waals surface area contributed by atoms with Crippen LogP contribution >= 0.6 is 23.5 Å². The Morgan fingerprint density at radius 1 is 1.04 bits per heavy atom. The van der Waals surface area contributed by atoms with Gasteiger partial charge in [-0.15, -0.1) is 0 Å². The molecule has 0 fully saturated rings. The molecule has 10 heteroatoms. The fourth-order valence-electron chi connectivity index (χ4n) is 1.58. The van der Waals surface area contributed by atoms with Crippen LogP contribution in [0.3, 0.4) is 0 Å². The Hall–Kier alpha value is -1.91. The van der Waals surface area contributed by atoms with Gasteiger partial charge in [-0.2, -0.15) is 0 Å². The van der Waals surface area contributed by atoms with Crippen molar-refractivity contribution in [1.29, 1.82) is 0 Å².